The Morgan fingerprint density at radius 3 is 2.78 bits per heavy atom. The Bertz CT molecular complexity index is 1120. The quantitative estimate of drug-likeness (QED) is 0.524. The molecule has 0 spiro atoms. The number of thiazole rings is 1. The van der Waals surface area contributed by atoms with E-state index in [1.807, 2.05) is 23.7 Å². The van der Waals surface area contributed by atoms with Crippen molar-refractivity contribution in [3.8, 4) is 11.5 Å². The molecule has 32 heavy (non-hydrogen) atoms. The number of esters is 1. The summed E-state index contributed by atoms with van der Waals surface area (Å²) in [5.74, 6) is 2.58. The van der Waals surface area contributed by atoms with Crippen LogP contribution in [-0.4, -0.2) is 50.4 Å². The van der Waals surface area contributed by atoms with Crippen LogP contribution in [0.2, 0.25) is 0 Å². The molecule has 1 aliphatic rings. The van der Waals surface area contributed by atoms with E-state index < -0.39 is 0 Å². The van der Waals surface area contributed by atoms with Crippen LogP contribution in [0.1, 0.15) is 25.3 Å². The molecule has 3 heterocycles. The van der Waals surface area contributed by atoms with Crippen molar-refractivity contribution in [1.29, 1.82) is 0 Å². The van der Waals surface area contributed by atoms with Crippen LogP contribution in [0.5, 0.6) is 11.5 Å². The average molecular weight is 457 g/mol. The standard InChI is InChI=1S/C23H28N4O4S/c1-5-16-20-19(24-13-32-20)21(25-15-8-9-17(29-2)18(11-15)30-3)26-22(16)27-10-6-7-14(12-27)23(28)31-4/h8-9,11,13-14H,5-7,10,12H2,1-4H3,(H,25,26). The number of anilines is 3. The largest absolute Gasteiger partial charge is 0.493 e. The van der Waals surface area contributed by atoms with Crippen LogP contribution in [0.4, 0.5) is 17.3 Å². The molecule has 1 N–H and O–H groups in total. The lowest BCUT2D eigenvalue weighted by Crippen LogP contribution is -2.40. The minimum atomic E-state index is -0.157. The van der Waals surface area contributed by atoms with Gasteiger partial charge in [-0.1, -0.05) is 6.92 Å². The van der Waals surface area contributed by atoms with Gasteiger partial charge in [-0.25, -0.2) is 9.97 Å². The molecule has 8 nitrogen and oxygen atoms in total. The average Bonchev–Trinajstić information content (AvgIpc) is 3.33. The molecule has 1 saturated heterocycles. The van der Waals surface area contributed by atoms with E-state index in [1.54, 1.807) is 25.6 Å². The van der Waals surface area contributed by atoms with Crippen LogP contribution in [0, 0.1) is 5.92 Å². The highest BCUT2D eigenvalue weighted by molar-refractivity contribution is 7.17. The van der Waals surface area contributed by atoms with Crippen LogP contribution in [0.15, 0.2) is 23.7 Å². The molecule has 4 rings (SSSR count). The second-order valence-corrected chi connectivity index (χ2v) is 8.50. The summed E-state index contributed by atoms with van der Waals surface area (Å²) in [5, 5.41) is 3.41. The highest BCUT2D eigenvalue weighted by atomic mass is 32.1. The number of ether oxygens (including phenoxy) is 3. The number of methoxy groups -OCH3 is 3. The highest BCUT2D eigenvalue weighted by Gasteiger charge is 2.29. The second-order valence-electron chi connectivity index (χ2n) is 7.65. The molecule has 170 valence electrons. The normalized spacial score (nSPS) is 16.1. The van der Waals surface area contributed by atoms with E-state index in [0.717, 1.165) is 53.1 Å². The Kier molecular flexibility index (Phi) is 6.64. The van der Waals surface area contributed by atoms with Gasteiger partial charge in [0.05, 0.1) is 37.5 Å². The number of fused-ring (bicyclic) bond motifs is 1. The number of nitrogens with zero attached hydrogens (tertiary/aromatic N) is 3. The summed E-state index contributed by atoms with van der Waals surface area (Å²) >= 11 is 1.61. The monoisotopic (exact) mass is 456 g/mol. The van der Waals surface area contributed by atoms with Gasteiger partial charge in [0.25, 0.3) is 0 Å². The van der Waals surface area contributed by atoms with E-state index in [0.29, 0.717) is 23.9 Å². The van der Waals surface area contributed by atoms with E-state index in [9.17, 15) is 4.79 Å². The van der Waals surface area contributed by atoms with E-state index >= 15 is 0 Å². The molecule has 1 aromatic carbocycles. The number of aromatic nitrogens is 2. The third kappa shape index (κ3) is 4.17. The number of aryl methyl sites for hydroxylation is 1. The van der Waals surface area contributed by atoms with Crippen LogP contribution in [0.3, 0.4) is 0 Å². The van der Waals surface area contributed by atoms with Gasteiger partial charge >= 0.3 is 5.97 Å². The molecule has 1 aliphatic heterocycles. The number of benzene rings is 1. The van der Waals surface area contributed by atoms with Crippen molar-refractivity contribution in [1.82, 2.24) is 9.97 Å². The van der Waals surface area contributed by atoms with Crippen molar-refractivity contribution in [2.75, 3.05) is 44.6 Å². The fraction of sp³-hybridized carbons (Fsp3) is 0.435. The molecule has 0 saturated carbocycles. The molecule has 1 atom stereocenters. The SMILES string of the molecule is CCc1c(N2CCCC(C(=O)OC)C2)nc(Nc2ccc(OC)c(OC)c2)c2ncsc12. The summed E-state index contributed by atoms with van der Waals surface area (Å²) in [6, 6.07) is 5.65. The first-order valence-electron chi connectivity index (χ1n) is 10.7. The third-order valence-electron chi connectivity index (χ3n) is 5.81. The Balaban J connectivity index is 1.74. The fourth-order valence-electron chi connectivity index (χ4n) is 4.20. The number of nitrogens with one attached hydrogen (secondary N) is 1. The lowest BCUT2D eigenvalue weighted by Gasteiger charge is -2.33. The summed E-state index contributed by atoms with van der Waals surface area (Å²) in [6.45, 7) is 3.59. The van der Waals surface area contributed by atoms with Gasteiger partial charge < -0.3 is 24.4 Å². The summed E-state index contributed by atoms with van der Waals surface area (Å²) in [5.41, 5.74) is 4.67. The molecule has 9 heteroatoms. The molecule has 3 aromatic rings. The van der Waals surface area contributed by atoms with Crippen LogP contribution < -0.4 is 19.7 Å². The Labute approximate surface area is 191 Å². The van der Waals surface area contributed by atoms with Gasteiger partial charge in [0.2, 0.25) is 0 Å². The van der Waals surface area contributed by atoms with E-state index in [1.165, 1.54) is 7.11 Å². The van der Waals surface area contributed by atoms with Crippen molar-refractivity contribution in [3.05, 3.63) is 29.3 Å². The van der Waals surface area contributed by atoms with E-state index in [-0.39, 0.29) is 11.9 Å². The molecule has 0 aliphatic carbocycles. The smallest absolute Gasteiger partial charge is 0.310 e. The van der Waals surface area contributed by atoms with Crippen molar-refractivity contribution in [2.45, 2.75) is 26.2 Å². The second kappa shape index (κ2) is 9.60. The zero-order valence-corrected chi connectivity index (χ0v) is 19.6. The number of rotatable bonds is 7. The Morgan fingerprint density at radius 1 is 1.25 bits per heavy atom. The zero-order chi connectivity index (χ0) is 22.7. The summed E-state index contributed by atoms with van der Waals surface area (Å²) in [4.78, 5) is 24.0. The number of hydrogen-bond acceptors (Lipinski definition) is 9. The van der Waals surface area contributed by atoms with Crippen molar-refractivity contribution < 1.29 is 19.0 Å². The summed E-state index contributed by atoms with van der Waals surface area (Å²) in [6.07, 6.45) is 2.59. The molecule has 1 fully saturated rings. The van der Waals surface area contributed by atoms with E-state index in [2.05, 4.69) is 22.1 Å². The maximum atomic E-state index is 12.2. The fourth-order valence-corrected chi connectivity index (χ4v) is 5.11. The van der Waals surface area contributed by atoms with E-state index in [4.69, 9.17) is 19.2 Å². The maximum Gasteiger partial charge on any atom is 0.310 e. The predicted molar refractivity (Wildman–Crippen MR) is 127 cm³/mol. The van der Waals surface area contributed by atoms with Gasteiger partial charge in [0.1, 0.15) is 11.3 Å². The first kappa shape index (κ1) is 22.1. The van der Waals surface area contributed by atoms with Crippen LogP contribution in [-0.2, 0) is 16.0 Å². The summed E-state index contributed by atoms with van der Waals surface area (Å²) in [7, 11) is 4.67. The van der Waals surface area contributed by atoms with Gasteiger partial charge in [0.15, 0.2) is 17.3 Å². The number of carbonyl (C=O) groups excluding carboxylic acids is 1. The zero-order valence-electron chi connectivity index (χ0n) is 18.8. The molecule has 2 aromatic heterocycles. The first-order valence-corrected chi connectivity index (χ1v) is 11.5. The first-order chi connectivity index (χ1) is 15.6. The molecule has 0 bridgehead atoms. The molecule has 0 amide bonds. The topological polar surface area (TPSA) is 85.8 Å². The molecular weight excluding hydrogens is 428 g/mol. The van der Waals surface area contributed by atoms with Crippen molar-refractivity contribution in [2.24, 2.45) is 5.92 Å². The van der Waals surface area contributed by atoms with Crippen LogP contribution in [0.25, 0.3) is 10.2 Å². The van der Waals surface area contributed by atoms with Gasteiger partial charge in [-0.05, 0) is 31.4 Å². The third-order valence-corrected chi connectivity index (χ3v) is 6.69. The number of carbonyl (C=O) groups is 1. The number of pyridine rings is 1. The maximum absolute atomic E-state index is 12.2. The lowest BCUT2D eigenvalue weighted by atomic mass is 9.97. The minimum Gasteiger partial charge on any atom is -0.493 e. The van der Waals surface area contributed by atoms with Crippen LogP contribution >= 0.6 is 11.3 Å². The number of hydrogen-bond donors (Lipinski definition) is 1. The predicted octanol–water partition coefficient (Wildman–Crippen LogP) is 4.40. The van der Waals surface area contributed by atoms with Crippen molar-refractivity contribution >= 4 is 44.8 Å². The Hall–Kier alpha value is -3.07. The van der Waals surface area contributed by atoms with Gasteiger partial charge in [-0.2, -0.15) is 0 Å². The minimum absolute atomic E-state index is 0.139. The summed E-state index contributed by atoms with van der Waals surface area (Å²) < 4.78 is 16.9. The Morgan fingerprint density at radius 2 is 2.06 bits per heavy atom. The van der Waals surface area contributed by atoms with Gasteiger partial charge in [0, 0.05) is 30.4 Å². The van der Waals surface area contributed by atoms with Gasteiger partial charge in [-0.15, -0.1) is 11.3 Å². The van der Waals surface area contributed by atoms with Crippen molar-refractivity contribution in [3.63, 3.8) is 0 Å². The number of piperidine rings is 1. The molecular formula is C23H28N4O4S. The molecule has 1 unspecified atom stereocenters. The molecule has 0 radical (unpaired) electrons. The van der Waals surface area contributed by atoms with Gasteiger partial charge in [-0.3, -0.25) is 4.79 Å². The highest BCUT2D eigenvalue weighted by Crippen LogP contribution is 2.38. The lowest BCUT2D eigenvalue weighted by molar-refractivity contribution is -0.145.